The topological polar surface area (TPSA) is 0 Å². The molecule has 0 saturated carbocycles. The average molecular weight is 95.2 g/mol. The van der Waals surface area contributed by atoms with Gasteiger partial charge in [0, 0.05) is 0 Å². The van der Waals surface area contributed by atoms with Crippen molar-refractivity contribution < 1.29 is 0 Å². The third-order valence-corrected chi connectivity index (χ3v) is 0.553. The fraction of sp³-hybridized carbons (Fsp3) is 0.429. The maximum Gasteiger partial charge on any atom is -0.0201 e. The van der Waals surface area contributed by atoms with Gasteiger partial charge < -0.3 is 0 Å². The molecule has 0 aliphatic heterocycles. The standard InChI is InChI=1S/C7H11/c1-4-5-6-7(2)3/h5H,2,4H2,1,3H3. The first kappa shape index (κ1) is 6.48. The van der Waals surface area contributed by atoms with Gasteiger partial charge in [0.05, 0.1) is 0 Å². The van der Waals surface area contributed by atoms with E-state index in [0.29, 0.717) is 0 Å². The molecular weight excluding hydrogens is 84.1 g/mol. The summed E-state index contributed by atoms with van der Waals surface area (Å²) in [4.78, 5) is 0. The van der Waals surface area contributed by atoms with Gasteiger partial charge in [-0.15, -0.1) is 0 Å². The molecule has 0 aromatic carbocycles. The predicted molar refractivity (Wildman–Crippen MR) is 32.9 cm³/mol. The largest absolute Gasteiger partial charge is 0.0955 e. The smallest absolute Gasteiger partial charge is 0.0201 e. The van der Waals surface area contributed by atoms with Crippen molar-refractivity contribution in [2.24, 2.45) is 0 Å². The van der Waals surface area contributed by atoms with Crippen LogP contribution < -0.4 is 0 Å². The zero-order chi connectivity index (χ0) is 5.70. The van der Waals surface area contributed by atoms with Crippen LogP contribution in [0.5, 0.6) is 0 Å². The Hall–Kier alpha value is -0.520. The summed E-state index contributed by atoms with van der Waals surface area (Å²) in [5.41, 5.74) is 1.00. The molecule has 0 atom stereocenters. The molecule has 0 aromatic rings. The van der Waals surface area contributed by atoms with Gasteiger partial charge in [-0.3, -0.25) is 0 Å². The molecule has 0 aromatic heterocycles. The van der Waals surface area contributed by atoms with Crippen LogP contribution in [0.1, 0.15) is 20.3 Å². The zero-order valence-electron chi connectivity index (χ0n) is 4.99. The molecule has 0 fully saturated rings. The van der Waals surface area contributed by atoms with Gasteiger partial charge >= 0.3 is 0 Å². The molecule has 0 amide bonds. The highest BCUT2D eigenvalue weighted by Gasteiger charge is 1.69. The molecular formula is C7H11. The highest BCUT2D eigenvalue weighted by Crippen LogP contribution is 1.87. The summed E-state index contributed by atoms with van der Waals surface area (Å²) in [6.45, 7) is 7.67. The molecule has 0 bridgehead atoms. The molecule has 39 valence electrons. The van der Waals surface area contributed by atoms with Crippen LogP contribution in [0.15, 0.2) is 18.2 Å². The minimum Gasteiger partial charge on any atom is -0.0955 e. The van der Waals surface area contributed by atoms with E-state index in [4.69, 9.17) is 0 Å². The van der Waals surface area contributed by atoms with Gasteiger partial charge in [0.15, 0.2) is 0 Å². The number of allylic oxidation sites excluding steroid dienone is 3. The second kappa shape index (κ2) is 3.66. The normalized spacial score (nSPS) is 10.0. The minimum absolute atomic E-state index is 1.00. The van der Waals surface area contributed by atoms with E-state index in [1.807, 2.05) is 13.0 Å². The van der Waals surface area contributed by atoms with E-state index in [1.54, 1.807) is 0 Å². The van der Waals surface area contributed by atoms with Crippen LogP contribution in [-0.2, 0) is 0 Å². The molecule has 0 saturated heterocycles. The summed E-state index contributed by atoms with van der Waals surface area (Å²) in [6, 6.07) is 0. The minimum atomic E-state index is 1.00. The Bertz CT molecular complexity index is 78.0. The monoisotopic (exact) mass is 95.1 g/mol. The van der Waals surface area contributed by atoms with E-state index in [1.165, 1.54) is 0 Å². The van der Waals surface area contributed by atoms with Crippen molar-refractivity contribution in [3.8, 4) is 0 Å². The van der Waals surface area contributed by atoms with Gasteiger partial charge in [0.2, 0.25) is 0 Å². The Balaban J connectivity index is 3.26. The van der Waals surface area contributed by atoms with E-state index in [9.17, 15) is 0 Å². The Morgan fingerprint density at radius 1 is 1.86 bits per heavy atom. The first-order valence-electron chi connectivity index (χ1n) is 2.51. The average Bonchev–Trinajstić information content (AvgIpc) is 1.61. The van der Waals surface area contributed by atoms with E-state index >= 15 is 0 Å². The van der Waals surface area contributed by atoms with Gasteiger partial charge in [-0.25, -0.2) is 0 Å². The zero-order valence-corrected chi connectivity index (χ0v) is 4.99. The van der Waals surface area contributed by atoms with E-state index in [0.717, 1.165) is 12.0 Å². The van der Waals surface area contributed by atoms with Crippen LogP contribution in [-0.4, -0.2) is 0 Å². The Morgan fingerprint density at radius 2 is 2.43 bits per heavy atom. The fourth-order valence-corrected chi connectivity index (χ4v) is 0.276. The van der Waals surface area contributed by atoms with Crippen LogP contribution >= 0.6 is 0 Å². The summed E-state index contributed by atoms with van der Waals surface area (Å²) < 4.78 is 0. The highest BCUT2D eigenvalue weighted by atomic mass is 13.7. The van der Waals surface area contributed by atoms with Crippen LogP contribution in [0, 0.1) is 6.08 Å². The SMILES string of the molecule is C=C(C)/[C]=C/CC. The predicted octanol–water partition coefficient (Wildman–Crippen LogP) is 2.33. The van der Waals surface area contributed by atoms with Gasteiger partial charge in [0.25, 0.3) is 0 Å². The molecule has 0 spiro atoms. The van der Waals surface area contributed by atoms with Crippen molar-refractivity contribution in [1.29, 1.82) is 0 Å². The van der Waals surface area contributed by atoms with Crippen LogP contribution in [0.25, 0.3) is 0 Å². The maximum absolute atomic E-state index is 3.65. The van der Waals surface area contributed by atoms with Crippen molar-refractivity contribution in [3.05, 3.63) is 24.3 Å². The van der Waals surface area contributed by atoms with Crippen molar-refractivity contribution in [3.63, 3.8) is 0 Å². The molecule has 0 heterocycles. The first-order chi connectivity index (χ1) is 3.27. The van der Waals surface area contributed by atoms with E-state index in [2.05, 4.69) is 19.6 Å². The third kappa shape index (κ3) is 5.48. The highest BCUT2D eigenvalue weighted by molar-refractivity contribution is 5.02. The summed E-state index contributed by atoms with van der Waals surface area (Å²) >= 11 is 0. The Labute approximate surface area is 45.5 Å². The van der Waals surface area contributed by atoms with Gasteiger partial charge in [-0.1, -0.05) is 25.2 Å². The Kier molecular flexibility index (Phi) is 3.39. The first-order valence-corrected chi connectivity index (χ1v) is 2.51. The van der Waals surface area contributed by atoms with Crippen LogP contribution in [0.2, 0.25) is 0 Å². The van der Waals surface area contributed by atoms with Crippen LogP contribution in [0.3, 0.4) is 0 Å². The number of hydrogen-bond donors (Lipinski definition) is 0. The molecule has 0 aliphatic rings. The molecule has 0 aliphatic carbocycles. The summed E-state index contributed by atoms with van der Waals surface area (Å²) in [5, 5.41) is 0. The van der Waals surface area contributed by atoms with Gasteiger partial charge in [-0.2, -0.15) is 0 Å². The van der Waals surface area contributed by atoms with Crippen molar-refractivity contribution in [2.45, 2.75) is 20.3 Å². The molecule has 7 heavy (non-hydrogen) atoms. The molecule has 0 nitrogen and oxygen atoms in total. The second-order valence-electron chi connectivity index (χ2n) is 1.54. The lowest BCUT2D eigenvalue weighted by atomic mass is 10.3. The van der Waals surface area contributed by atoms with E-state index in [-0.39, 0.29) is 0 Å². The summed E-state index contributed by atoms with van der Waals surface area (Å²) in [7, 11) is 0. The molecule has 0 N–H and O–H groups in total. The summed E-state index contributed by atoms with van der Waals surface area (Å²) in [6.07, 6.45) is 6.00. The van der Waals surface area contributed by atoms with Crippen molar-refractivity contribution >= 4 is 0 Å². The van der Waals surface area contributed by atoms with Gasteiger partial charge in [-0.05, 0) is 19.4 Å². The lowest BCUT2D eigenvalue weighted by molar-refractivity contribution is 1.21. The molecule has 0 rings (SSSR count). The molecule has 0 unspecified atom stereocenters. The van der Waals surface area contributed by atoms with Gasteiger partial charge in [0.1, 0.15) is 0 Å². The van der Waals surface area contributed by atoms with Crippen molar-refractivity contribution in [1.82, 2.24) is 0 Å². The lowest BCUT2D eigenvalue weighted by Gasteiger charge is -1.78. The lowest BCUT2D eigenvalue weighted by Crippen LogP contribution is -1.60. The fourth-order valence-electron chi connectivity index (χ4n) is 0.276. The Morgan fingerprint density at radius 3 is 2.57 bits per heavy atom. The van der Waals surface area contributed by atoms with E-state index < -0.39 is 0 Å². The molecule has 0 heteroatoms. The molecule has 1 radical (unpaired) electrons. The maximum atomic E-state index is 3.65. The summed E-state index contributed by atoms with van der Waals surface area (Å²) in [5.74, 6) is 0. The van der Waals surface area contributed by atoms with Crippen LogP contribution in [0.4, 0.5) is 0 Å². The quantitative estimate of drug-likeness (QED) is 0.462. The second-order valence-corrected chi connectivity index (χ2v) is 1.54. The number of hydrogen-bond acceptors (Lipinski definition) is 0. The third-order valence-electron chi connectivity index (χ3n) is 0.553. The van der Waals surface area contributed by atoms with Crippen molar-refractivity contribution in [2.75, 3.05) is 0 Å². The number of rotatable bonds is 2.